The largest absolute Gasteiger partial charge is 0.369 e. The maximum Gasteiger partial charge on any atom is 0.254 e. The van der Waals surface area contributed by atoms with Crippen molar-refractivity contribution in [1.82, 2.24) is 4.90 Å². The molecule has 0 aliphatic carbocycles. The molecule has 0 saturated carbocycles. The topological polar surface area (TPSA) is 63.4 Å². The van der Waals surface area contributed by atoms with E-state index >= 15 is 0 Å². The second kappa shape index (κ2) is 5.21. The molecular weight excluding hydrogens is 264 g/mol. The van der Waals surface area contributed by atoms with Crippen LogP contribution in [0.15, 0.2) is 18.2 Å². The molecule has 19 heavy (non-hydrogen) atoms. The maximum atomic E-state index is 12.4. The van der Waals surface area contributed by atoms with Gasteiger partial charge in [-0.25, -0.2) is 0 Å². The fraction of sp³-hybridized carbons (Fsp3) is 0.429. The van der Waals surface area contributed by atoms with E-state index < -0.39 is 0 Å². The molecule has 0 radical (unpaired) electrons. The average molecular weight is 281 g/mol. The Bertz CT molecular complexity index is 530. The van der Waals surface area contributed by atoms with Crippen molar-refractivity contribution >= 4 is 23.4 Å². The van der Waals surface area contributed by atoms with Gasteiger partial charge in [0.05, 0.1) is 5.92 Å². The van der Waals surface area contributed by atoms with E-state index in [0.717, 1.165) is 5.56 Å². The van der Waals surface area contributed by atoms with Crippen LogP contribution in [0.3, 0.4) is 0 Å². The van der Waals surface area contributed by atoms with Crippen LogP contribution in [-0.2, 0) is 4.79 Å². The van der Waals surface area contributed by atoms with E-state index in [1.807, 2.05) is 19.9 Å². The van der Waals surface area contributed by atoms with Gasteiger partial charge in [-0.05, 0) is 30.5 Å². The molecule has 0 aromatic heterocycles. The number of nitrogens with two attached hydrogens (primary N) is 1. The minimum Gasteiger partial charge on any atom is -0.369 e. The normalized spacial score (nSPS) is 22.6. The van der Waals surface area contributed by atoms with E-state index in [-0.39, 0.29) is 23.7 Å². The Balaban J connectivity index is 2.22. The van der Waals surface area contributed by atoms with Crippen molar-refractivity contribution in [2.45, 2.75) is 13.8 Å². The van der Waals surface area contributed by atoms with Crippen molar-refractivity contribution in [3.05, 3.63) is 34.3 Å². The Hall–Kier alpha value is -1.55. The second-order valence-electron chi connectivity index (χ2n) is 5.16. The highest BCUT2D eigenvalue weighted by molar-refractivity contribution is 6.31. The third kappa shape index (κ3) is 2.73. The number of aryl methyl sites for hydroxylation is 1. The molecule has 1 fully saturated rings. The number of carbonyl (C=O) groups excluding carboxylic acids is 2. The minimum absolute atomic E-state index is 0.0874. The van der Waals surface area contributed by atoms with E-state index in [0.29, 0.717) is 23.7 Å². The lowest BCUT2D eigenvalue weighted by atomic mass is 9.98. The Morgan fingerprint density at radius 3 is 2.63 bits per heavy atom. The SMILES string of the molecule is Cc1ccc(Cl)cc1C(=O)N1C[C@@H](C)[C@H](C(N)=O)C1. The molecule has 1 saturated heterocycles. The predicted molar refractivity (Wildman–Crippen MR) is 73.9 cm³/mol. The quantitative estimate of drug-likeness (QED) is 0.898. The fourth-order valence-corrected chi connectivity index (χ4v) is 2.67. The third-order valence-corrected chi connectivity index (χ3v) is 3.93. The molecule has 2 amide bonds. The summed E-state index contributed by atoms with van der Waals surface area (Å²) in [5.74, 6) is -0.592. The number of nitrogens with zero attached hydrogens (tertiary/aromatic N) is 1. The number of hydrogen-bond donors (Lipinski definition) is 1. The molecule has 102 valence electrons. The highest BCUT2D eigenvalue weighted by Gasteiger charge is 2.36. The molecule has 1 aliphatic rings. The highest BCUT2D eigenvalue weighted by Crippen LogP contribution is 2.25. The molecule has 1 aromatic rings. The molecule has 0 bridgehead atoms. The summed E-state index contributed by atoms with van der Waals surface area (Å²) in [6.07, 6.45) is 0. The maximum absolute atomic E-state index is 12.4. The monoisotopic (exact) mass is 280 g/mol. The molecule has 1 aromatic carbocycles. The van der Waals surface area contributed by atoms with Gasteiger partial charge in [0.2, 0.25) is 5.91 Å². The lowest BCUT2D eigenvalue weighted by Crippen LogP contribution is -2.32. The molecule has 5 heteroatoms. The van der Waals surface area contributed by atoms with Crippen LogP contribution in [0.1, 0.15) is 22.8 Å². The number of amides is 2. The zero-order chi connectivity index (χ0) is 14.2. The van der Waals surface area contributed by atoms with Gasteiger partial charge in [-0.3, -0.25) is 9.59 Å². The van der Waals surface area contributed by atoms with Crippen molar-refractivity contribution in [1.29, 1.82) is 0 Å². The number of rotatable bonds is 2. The first-order chi connectivity index (χ1) is 8.90. The van der Waals surface area contributed by atoms with Crippen molar-refractivity contribution < 1.29 is 9.59 Å². The van der Waals surface area contributed by atoms with Gasteiger partial charge in [0.25, 0.3) is 5.91 Å². The molecule has 2 atom stereocenters. The van der Waals surface area contributed by atoms with Gasteiger partial charge < -0.3 is 10.6 Å². The van der Waals surface area contributed by atoms with E-state index in [2.05, 4.69) is 0 Å². The summed E-state index contributed by atoms with van der Waals surface area (Å²) in [5, 5.41) is 0.535. The summed E-state index contributed by atoms with van der Waals surface area (Å²) >= 11 is 5.93. The summed E-state index contributed by atoms with van der Waals surface area (Å²) in [6, 6.07) is 5.24. The van der Waals surface area contributed by atoms with Crippen LogP contribution in [0.4, 0.5) is 0 Å². The average Bonchev–Trinajstić information content (AvgIpc) is 2.74. The lowest BCUT2D eigenvalue weighted by Gasteiger charge is -2.17. The molecule has 2 rings (SSSR count). The third-order valence-electron chi connectivity index (χ3n) is 3.70. The summed E-state index contributed by atoms with van der Waals surface area (Å²) in [6.45, 7) is 4.75. The van der Waals surface area contributed by atoms with E-state index in [1.165, 1.54) is 0 Å². The van der Waals surface area contributed by atoms with Gasteiger partial charge in [-0.1, -0.05) is 24.6 Å². The number of halogens is 1. The Morgan fingerprint density at radius 1 is 1.37 bits per heavy atom. The van der Waals surface area contributed by atoms with Gasteiger partial charge in [0.15, 0.2) is 0 Å². The Labute approximate surface area is 117 Å². The summed E-state index contributed by atoms with van der Waals surface area (Å²) < 4.78 is 0. The second-order valence-corrected chi connectivity index (χ2v) is 5.59. The number of hydrogen-bond acceptors (Lipinski definition) is 2. The first-order valence-corrected chi connectivity index (χ1v) is 6.62. The van der Waals surface area contributed by atoms with Crippen molar-refractivity contribution in [2.75, 3.05) is 13.1 Å². The number of likely N-dealkylation sites (tertiary alicyclic amines) is 1. The molecule has 0 spiro atoms. The standard InChI is InChI=1S/C14H17ClN2O2/c1-8-3-4-10(15)5-11(8)14(19)17-6-9(2)12(7-17)13(16)18/h3-5,9,12H,6-7H2,1-2H3,(H2,16,18)/t9-,12-/m1/s1. The number of benzene rings is 1. The smallest absolute Gasteiger partial charge is 0.254 e. The Kier molecular flexibility index (Phi) is 3.80. The fourth-order valence-electron chi connectivity index (χ4n) is 2.50. The summed E-state index contributed by atoms with van der Waals surface area (Å²) in [7, 11) is 0. The van der Waals surface area contributed by atoms with Crippen LogP contribution in [0, 0.1) is 18.8 Å². The van der Waals surface area contributed by atoms with Crippen LogP contribution in [0.2, 0.25) is 5.02 Å². The van der Waals surface area contributed by atoms with Gasteiger partial charge in [-0.2, -0.15) is 0 Å². The highest BCUT2D eigenvalue weighted by atomic mass is 35.5. The minimum atomic E-state index is -0.342. The number of carbonyl (C=O) groups is 2. The van der Waals surface area contributed by atoms with Gasteiger partial charge in [-0.15, -0.1) is 0 Å². The van der Waals surface area contributed by atoms with Crippen LogP contribution >= 0.6 is 11.6 Å². The molecule has 1 heterocycles. The lowest BCUT2D eigenvalue weighted by molar-refractivity contribution is -0.122. The van der Waals surface area contributed by atoms with Crippen molar-refractivity contribution in [3.8, 4) is 0 Å². The summed E-state index contributed by atoms with van der Waals surface area (Å²) in [4.78, 5) is 25.4. The first-order valence-electron chi connectivity index (χ1n) is 6.25. The van der Waals surface area contributed by atoms with Gasteiger partial charge in [0.1, 0.15) is 0 Å². The molecule has 0 unspecified atom stereocenters. The number of primary amides is 1. The van der Waals surface area contributed by atoms with Crippen LogP contribution < -0.4 is 5.73 Å². The van der Waals surface area contributed by atoms with E-state index in [1.54, 1.807) is 17.0 Å². The zero-order valence-electron chi connectivity index (χ0n) is 11.0. The van der Waals surface area contributed by atoms with Crippen molar-refractivity contribution in [3.63, 3.8) is 0 Å². The van der Waals surface area contributed by atoms with Gasteiger partial charge >= 0.3 is 0 Å². The predicted octanol–water partition coefficient (Wildman–Crippen LogP) is 1.84. The van der Waals surface area contributed by atoms with E-state index in [4.69, 9.17) is 17.3 Å². The van der Waals surface area contributed by atoms with Crippen LogP contribution in [0.5, 0.6) is 0 Å². The van der Waals surface area contributed by atoms with Crippen LogP contribution in [0.25, 0.3) is 0 Å². The Morgan fingerprint density at radius 2 is 2.05 bits per heavy atom. The first kappa shape index (κ1) is 13.9. The molecule has 1 aliphatic heterocycles. The van der Waals surface area contributed by atoms with Crippen LogP contribution in [-0.4, -0.2) is 29.8 Å². The molecule has 4 nitrogen and oxygen atoms in total. The van der Waals surface area contributed by atoms with Crippen molar-refractivity contribution in [2.24, 2.45) is 17.6 Å². The van der Waals surface area contributed by atoms with E-state index in [9.17, 15) is 9.59 Å². The summed E-state index contributed by atoms with van der Waals surface area (Å²) in [5.41, 5.74) is 6.81. The molecular formula is C14H17ClN2O2. The molecule has 2 N–H and O–H groups in total. The zero-order valence-corrected chi connectivity index (χ0v) is 11.8. The van der Waals surface area contributed by atoms with Gasteiger partial charge in [0, 0.05) is 23.7 Å².